The maximum atomic E-state index is 14.7. The summed E-state index contributed by atoms with van der Waals surface area (Å²) in [6.45, 7) is 1.32. The van der Waals surface area contributed by atoms with Gasteiger partial charge in [0.05, 0.1) is 37.0 Å². The van der Waals surface area contributed by atoms with E-state index >= 15 is 0 Å². The van der Waals surface area contributed by atoms with Crippen LogP contribution < -0.4 is 14.8 Å². The molecule has 40 heavy (non-hydrogen) atoms. The second-order valence-corrected chi connectivity index (χ2v) is 9.81. The third-order valence-corrected chi connectivity index (χ3v) is 7.11. The van der Waals surface area contributed by atoms with E-state index in [-0.39, 0.29) is 30.0 Å². The minimum Gasteiger partial charge on any atom is -0.494 e. The van der Waals surface area contributed by atoms with E-state index in [1.807, 2.05) is 41.3 Å². The first-order chi connectivity index (χ1) is 19.5. The van der Waals surface area contributed by atoms with Crippen LogP contribution in [0.4, 0.5) is 4.39 Å². The number of carbonyl (C=O) groups excluding carboxylic acids is 2. The summed E-state index contributed by atoms with van der Waals surface area (Å²) in [5, 5.41) is 10.6. The number of aromatic nitrogens is 2. The first-order valence-corrected chi connectivity index (χ1v) is 13.2. The molecule has 1 aromatic heterocycles. The molecular weight excluding hydrogens is 511 g/mol. The van der Waals surface area contributed by atoms with Crippen molar-refractivity contribution in [2.45, 2.75) is 25.3 Å². The van der Waals surface area contributed by atoms with Gasteiger partial charge >= 0.3 is 0 Å². The maximum Gasteiger partial charge on any atom is 0.256 e. The van der Waals surface area contributed by atoms with Crippen LogP contribution in [0.15, 0.2) is 79.1 Å². The number of ether oxygens (including phenoxy) is 2. The molecule has 8 nitrogen and oxygen atoms in total. The molecular formula is C31H27FN4O4. The molecule has 202 valence electrons. The number of halogens is 1. The normalized spacial score (nSPS) is 17.0. The Morgan fingerprint density at radius 1 is 1.02 bits per heavy atom. The van der Waals surface area contributed by atoms with Crippen molar-refractivity contribution in [2.24, 2.45) is 0 Å². The fourth-order valence-electron chi connectivity index (χ4n) is 5.20. The number of nitrogens with one attached hydrogen (secondary N) is 1. The van der Waals surface area contributed by atoms with Crippen LogP contribution in [0.3, 0.4) is 0 Å². The van der Waals surface area contributed by atoms with E-state index in [1.165, 1.54) is 18.5 Å². The molecule has 3 aliphatic heterocycles. The Labute approximate surface area is 230 Å². The van der Waals surface area contributed by atoms with Gasteiger partial charge in [-0.15, -0.1) is 0 Å². The molecule has 1 N–H and O–H groups in total. The van der Waals surface area contributed by atoms with Crippen LogP contribution in [0.25, 0.3) is 0 Å². The summed E-state index contributed by atoms with van der Waals surface area (Å²) in [7, 11) is 0. The third kappa shape index (κ3) is 5.36. The van der Waals surface area contributed by atoms with Crippen LogP contribution in [0, 0.1) is 5.82 Å². The SMILES string of the molecule is O=C1Cc2ccc(F)c(c2)Oc2ccc3c(c2)CCN(C(=O)c2ccnnc2)C3c2cccc(c2)OCCCN1. The number of rotatable bonds is 1. The summed E-state index contributed by atoms with van der Waals surface area (Å²) < 4.78 is 26.7. The van der Waals surface area contributed by atoms with Crippen LogP contribution >= 0.6 is 0 Å². The van der Waals surface area contributed by atoms with Crippen molar-refractivity contribution < 1.29 is 23.5 Å². The number of hydrogen-bond acceptors (Lipinski definition) is 6. The standard InChI is InChI=1S/C31H27FN4O4/c32-27-8-5-20-15-28(27)40-25-6-7-26-21(17-25)10-13-36(31(38)23-9-12-34-35-19-23)30(26)22-3-1-4-24(18-22)39-14-2-11-33-29(37)16-20/h1,3-9,12,15,17-19,30H,2,10-11,13-14,16H2,(H,33,37). The molecule has 0 fully saturated rings. The van der Waals surface area contributed by atoms with E-state index in [0.717, 1.165) is 16.7 Å². The Hall–Kier alpha value is -4.79. The third-order valence-electron chi connectivity index (χ3n) is 7.11. The zero-order valence-electron chi connectivity index (χ0n) is 21.7. The lowest BCUT2D eigenvalue weighted by molar-refractivity contribution is -0.120. The van der Waals surface area contributed by atoms with Gasteiger partial charge in [0, 0.05) is 13.1 Å². The Morgan fingerprint density at radius 2 is 1.95 bits per heavy atom. The smallest absolute Gasteiger partial charge is 0.256 e. The van der Waals surface area contributed by atoms with Crippen molar-refractivity contribution in [2.75, 3.05) is 19.7 Å². The molecule has 4 aromatic rings. The molecule has 8 bridgehead atoms. The second kappa shape index (κ2) is 11.1. The molecule has 3 aliphatic rings. The van der Waals surface area contributed by atoms with Crippen molar-refractivity contribution in [3.8, 4) is 17.2 Å². The number of benzene rings is 3. The fourth-order valence-corrected chi connectivity index (χ4v) is 5.20. The van der Waals surface area contributed by atoms with Crippen molar-refractivity contribution in [1.29, 1.82) is 0 Å². The van der Waals surface area contributed by atoms with Crippen molar-refractivity contribution in [3.63, 3.8) is 0 Å². The highest BCUT2D eigenvalue weighted by Crippen LogP contribution is 2.39. The number of hydrogen-bond donors (Lipinski definition) is 1. The zero-order valence-corrected chi connectivity index (χ0v) is 21.7. The first-order valence-electron chi connectivity index (χ1n) is 13.2. The summed E-state index contributed by atoms with van der Waals surface area (Å²) in [5.41, 5.74) is 3.95. The fraction of sp³-hybridized carbons (Fsp3) is 0.226. The second-order valence-electron chi connectivity index (χ2n) is 9.81. The first kappa shape index (κ1) is 25.5. The molecule has 9 heteroatoms. The average Bonchev–Trinajstić information content (AvgIpc) is 2.98. The largest absolute Gasteiger partial charge is 0.494 e. The zero-order chi connectivity index (χ0) is 27.5. The molecule has 2 amide bonds. The van der Waals surface area contributed by atoms with Crippen LogP contribution in [0.5, 0.6) is 17.2 Å². The monoisotopic (exact) mass is 538 g/mol. The van der Waals surface area contributed by atoms with E-state index in [0.29, 0.717) is 55.2 Å². The Bertz CT molecular complexity index is 1560. The molecule has 0 saturated heterocycles. The maximum absolute atomic E-state index is 14.7. The van der Waals surface area contributed by atoms with Gasteiger partial charge in [0.1, 0.15) is 11.5 Å². The molecule has 0 spiro atoms. The van der Waals surface area contributed by atoms with Gasteiger partial charge in [0.25, 0.3) is 5.91 Å². The minimum atomic E-state index is -0.512. The number of nitrogens with zero attached hydrogens (tertiary/aromatic N) is 3. The van der Waals surface area contributed by atoms with E-state index in [4.69, 9.17) is 9.47 Å². The molecule has 0 saturated carbocycles. The van der Waals surface area contributed by atoms with Gasteiger partial charge in [-0.2, -0.15) is 10.2 Å². The lowest BCUT2D eigenvalue weighted by Gasteiger charge is -2.38. The Kier molecular flexibility index (Phi) is 7.09. The van der Waals surface area contributed by atoms with Crippen molar-refractivity contribution in [1.82, 2.24) is 20.4 Å². The predicted octanol–water partition coefficient (Wildman–Crippen LogP) is 4.64. The summed E-state index contributed by atoms with van der Waals surface area (Å²) in [6, 6.07) is 19.0. The minimum absolute atomic E-state index is 0.0543. The van der Waals surface area contributed by atoms with Crippen LogP contribution in [0.1, 0.15) is 45.1 Å². The number of carbonyl (C=O) groups is 2. The molecule has 7 rings (SSSR count). The van der Waals surface area contributed by atoms with E-state index in [2.05, 4.69) is 15.5 Å². The van der Waals surface area contributed by atoms with Crippen LogP contribution in [0.2, 0.25) is 0 Å². The van der Waals surface area contributed by atoms with Gasteiger partial charge in [-0.1, -0.05) is 24.3 Å². The van der Waals surface area contributed by atoms with Gasteiger partial charge in [0.2, 0.25) is 5.91 Å². The van der Waals surface area contributed by atoms with Crippen molar-refractivity contribution >= 4 is 11.8 Å². The summed E-state index contributed by atoms with van der Waals surface area (Å²) in [5.74, 6) is 0.391. The molecule has 0 aliphatic carbocycles. The molecule has 4 heterocycles. The Balaban J connectivity index is 1.42. The highest BCUT2D eigenvalue weighted by atomic mass is 19.1. The van der Waals surface area contributed by atoms with Gasteiger partial charge in [-0.25, -0.2) is 4.39 Å². The molecule has 1 atom stereocenters. The molecule has 1 unspecified atom stereocenters. The predicted molar refractivity (Wildman–Crippen MR) is 145 cm³/mol. The van der Waals surface area contributed by atoms with Gasteiger partial charge < -0.3 is 19.7 Å². The summed E-state index contributed by atoms with van der Waals surface area (Å²) in [6.07, 6.45) is 4.29. The van der Waals surface area contributed by atoms with Crippen molar-refractivity contribution in [3.05, 3.63) is 113 Å². The van der Waals surface area contributed by atoms with Crippen LogP contribution in [-0.4, -0.2) is 46.6 Å². The lowest BCUT2D eigenvalue weighted by atomic mass is 9.87. The highest BCUT2D eigenvalue weighted by molar-refractivity contribution is 5.94. The van der Waals surface area contributed by atoms with E-state index in [9.17, 15) is 14.0 Å². The molecule has 0 radical (unpaired) electrons. The quantitative estimate of drug-likeness (QED) is 0.380. The molecule has 3 aromatic carbocycles. The summed E-state index contributed by atoms with van der Waals surface area (Å²) in [4.78, 5) is 27.9. The lowest BCUT2D eigenvalue weighted by Crippen LogP contribution is -2.40. The topological polar surface area (TPSA) is 93.7 Å². The summed E-state index contributed by atoms with van der Waals surface area (Å²) >= 11 is 0. The van der Waals surface area contributed by atoms with Crippen LogP contribution in [-0.2, 0) is 17.6 Å². The van der Waals surface area contributed by atoms with E-state index in [1.54, 1.807) is 24.3 Å². The average molecular weight is 539 g/mol. The van der Waals surface area contributed by atoms with Gasteiger partial charge in [-0.3, -0.25) is 9.59 Å². The highest BCUT2D eigenvalue weighted by Gasteiger charge is 2.33. The van der Waals surface area contributed by atoms with E-state index < -0.39 is 5.82 Å². The van der Waals surface area contributed by atoms with Gasteiger partial charge in [0.15, 0.2) is 11.6 Å². The number of fused-ring (bicyclic) bond motifs is 7. The Morgan fingerprint density at radius 3 is 2.83 bits per heavy atom. The number of amides is 2. The van der Waals surface area contributed by atoms with Gasteiger partial charge in [-0.05, 0) is 77.6 Å².